The molecule has 0 unspecified atom stereocenters. The van der Waals surface area contributed by atoms with E-state index in [0.717, 1.165) is 35.7 Å². The van der Waals surface area contributed by atoms with E-state index in [1.54, 1.807) is 43.4 Å². The van der Waals surface area contributed by atoms with Gasteiger partial charge in [-0.05, 0) is 48.0 Å². The van der Waals surface area contributed by atoms with Gasteiger partial charge in [-0.2, -0.15) is 5.10 Å². The van der Waals surface area contributed by atoms with Gasteiger partial charge in [-0.1, -0.05) is 41.9 Å². The molecule has 0 spiro atoms. The average Bonchev–Trinajstić information content (AvgIpc) is 3.49. The molecule has 3 aromatic carbocycles. The fourth-order valence-corrected chi connectivity index (χ4v) is 5.42. The molecule has 5 rings (SSSR count). The number of hydrogen-bond donors (Lipinski definition) is 0. The van der Waals surface area contributed by atoms with Gasteiger partial charge in [-0.3, -0.25) is 14.5 Å². The third kappa shape index (κ3) is 6.92. The quantitative estimate of drug-likeness (QED) is 0.346. The minimum absolute atomic E-state index is 0.124. The molecule has 0 radical (unpaired) electrons. The van der Waals surface area contributed by atoms with E-state index in [9.17, 15) is 9.59 Å². The minimum atomic E-state index is -0.355. The van der Waals surface area contributed by atoms with Gasteiger partial charge in [-0.25, -0.2) is 5.01 Å². The Labute approximate surface area is 251 Å². The predicted molar refractivity (Wildman–Crippen MR) is 161 cm³/mol. The Morgan fingerprint density at radius 1 is 0.952 bits per heavy atom. The van der Waals surface area contributed by atoms with Crippen LogP contribution in [0.1, 0.15) is 33.9 Å². The molecule has 2 amide bonds. The third-order valence-electron chi connectivity index (χ3n) is 7.59. The second-order valence-corrected chi connectivity index (χ2v) is 10.6. The summed E-state index contributed by atoms with van der Waals surface area (Å²) < 4.78 is 16.1. The lowest BCUT2D eigenvalue weighted by Crippen LogP contribution is -2.46. The van der Waals surface area contributed by atoms with Crippen LogP contribution >= 0.6 is 11.6 Å². The Morgan fingerprint density at radius 2 is 1.60 bits per heavy atom. The van der Waals surface area contributed by atoms with Crippen LogP contribution in [0.3, 0.4) is 0 Å². The average molecular weight is 591 g/mol. The van der Waals surface area contributed by atoms with Crippen LogP contribution in [0.5, 0.6) is 11.5 Å². The highest BCUT2D eigenvalue weighted by atomic mass is 35.5. The summed E-state index contributed by atoms with van der Waals surface area (Å²) in [6.07, 6.45) is 0.488. The SMILES string of the molecule is COc1ccc(C(=O)N(CCN2CCOCC2)CC(=O)N2N=C(c3ccccc3Cl)C[C@H]2c2ccc(OC)cc2)cc1. The Kier molecular flexibility index (Phi) is 9.74. The van der Waals surface area contributed by atoms with Crippen molar-refractivity contribution in [1.82, 2.24) is 14.8 Å². The highest BCUT2D eigenvalue weighted by molar-refractivity contribution is 6.34. The molecule has 0 aliphatic carbocycles. The molecular formula is C32H35ClN4O5. The van der Waals surface area contributed by atoms with Gasteiger partial charge in [0.1, 0.15) is 18.0 Å². The van der Waals surface area contributed by atoms with Gasteiger partial charge < -0.3 is 19.1 Å². The summed E-state index contributed by atoms with van der Waals surface area (Å²) in [4.78, 5) is 31.6. The topological polar surface area (TPSA) is 83.9 Å². The number of benzene rings is 3. The Morgan fingerprint density at radius 3 is 2.24 bits per heavy atom. The van der Waals surface area contributed by atoms with Gasteiger partial charge in [0.25, 0.3) is 11.8 Å². The maximum Gasteiger partial charge on any atom is 0.262 e. The first kappa shape index (κ1) is 29.6. The summed E-state index contributed by atoms with van der Waals surface area (Å²) in [7, 11) is 3.20. The zero-order valence-corrected chi connectivity index (χ0v) is 24.6. The number of rotatable bonds is 10. The molecule has 220 valence electrons. The number of hydrogen-bond acceptors (Lipinski definition) is 7. The van der Waals surface area contributed by atoms with Crippen LogP contribution in [0.25, 0.3) is 0 Å². The molecular weight excluding hydrogens is 556 g/mol. The summed E-state index contributed by atoms with van der Waals surface area (Å²) >= 11 is 6.52. The normalized spacial score (nSPS) is 17.1. The molecule has 2 heterocycles. The Bertz CT molecular complexity index is 1410. The van der Waals surface area contributed by atoms with Crippen molar-refractivity contribution in [3.8, 4) is 11.5 Å². The number of methoxy groups -OCH3 is 2. The molecule has 0 bridgehead atoms. The second-order valence-electron chi connectivity index (χ2n) is 10.2. The van der Waals surface area contributed by atoms with E-state index in [0.29, 0.717) is 49.1 Å². The Hall–Kier alpha value is -3.92. The molecule has 1 atom stereocenters. The van der Waals surface area contributed by atoms with Gasteiger partial charge in [0.15, 0.2) is 0 Å². The molecule has 42 heavy (non-hydrogen) atoms. The number of hydrazone groups is 1. The predicted octanol–water partition coefficient (Wildman–Crippen LogP) is 4.51. The zero-order chi connectivity index (χ0) is 29.5. The van der Waals surface area contributed by atoms with Crippen LogP contribution in [-0.4, -0.2) is 92.5 Å². The van der Waals surface area contributed by atoms with Gasteiger partial charge in [0.05, 0.1) is 39.2 Å². The first-order valence-electron chi connectivity index (χ1n) is 14.0. The fourth-order valence-electron chi connectivity index (χ4n) is 5.18. The van der Waals surface area contributed by atoms with Crippen molar-refractivity contribution >= 4 is 29.1 Å². The molecule has 9 nitrogen and oxygen atoms in total. The lowest BCUT2D eigenvalue weighted by molar-refractivity contribution is -0.133. The van der Waals surface area contributed by atoms with E-state index in [4.69, 9.17) is 30.9 Å². The molecule has 2 aliphatic heterocycles. The monoisotopic (exact) mass is 590 g/mol. The standard InChI is InChI=1S/C32H35ClN4O5/c1-40-25-11-7-23(8-12-25)30-21-29(27-5-3-4-6-28(27)33)34-37(30)31(38)22-36(16-15-35-17-19-42-20-18-35)32(39)24-9-13-26(41-2)14-10-24/h3-14,30H,15-22H2,1-2H3/t30-/m0/s1. The molecule has 3 aromatic rings. The maximum absolute atomic E-state index is 14.0. The fraction of sp³-hybridized carbons (Fsp3) is 0.344. The zero-order valence-electron chi connectivity index (χ0n) is 23.9. The molecule has 0 saturated carbocycles. The van der Waals surface area contributed by atoms with Crippen molar-refractivity contribution in [1.29, 1.82) is 0 Å². The van der Waals surface area contributed by atoms with Crippen molar-refractivity contribution < 1.29 is 23.8 Å². The number of nitrogens with zero attached hydrogens (tertiary/aromatic N) is 4. The second kappa shape index (κ2) is 13.8. The summed E-state index contributed by atoms with van der Waals surface area (Å²) in [6, 6.07) is 21.7. The number of carbonyl (C=O) groups is 2. The molecule has 2 aliphatic rings. The third-order valence-corrected chi connectivity index (χ3v) is 7.92. The van der Waals surface area contributed by atoms with Crippen LogP contribution in [0.15, 0.2) is 77.9 Å². The number of morpholine rings is 1. The van der Waals surface area contributed by atoms with Gasteiger partial charge in [-0.15, -0.1) is 0 Å². The summed E-state index contributed by atoms with van der Waals surface area (Å²) in [5.41, 5.74) is 2.90. The van der Waals surface area contributed by atoms with Crippen LogP contribution in [0.4, 0.5) is 0 Å². The summed E-state index contributed by atoms with van der Waals surface area (Å²) in [5, 5.41) is 6.85. The van der Waals surface area contributed by atoms with Crippen LogP contribution in [0.2, 0.25) is 5.02 Å². The van der Waals surface area contributed by atoms with E-state index >= 15 is 0 Å². The first-order chi connectivity index (χ1) is 20.5. The molecule has 0 N–H and O–H groups in total. The largest absolute Gasteiger partial charge is 0.497 e. The summed E-state index contributed by atoms with van der Waals surface area (Å²) in [5.74, 6) is 0.876. The smallest absolute Gasteiger partial charge is 0.262 e. The number of halogens is 1. The van der Waals surface area contributed by atoms with Crippen molar-refractivity contribution in [2.45, 2.75) is 12.5 Å². The first-order valence-corrected chi connectivity index (χ1v) is 14.4. The van der Waals surface area contributed by atoms with E-state index < -0.39 is 0 Å². The highest BCUT2D eigenvalue weighted by Gasteiger charge is 2.35. The van der Waals surface area contributed by atoms with Gasteiger partial charge >= 0.3 is 0 Å². The molecule has 1 saturated heterocycles. The minimum Gasteiger partial charge on any atom is -0.497 e. The van der Waals surface area contributed by atoms with Crippen LogP contribution < -0.4 is 9.47 Å². The van der Waals surface area contributed by atoms with Crippen molar-refractivity contribution in [3.63, 3.8) is 0 Å². The van der Waals surface area contributed by atoms with Gasteiger partial charge in [0.2, 0.25) is 0 Å². The van der Waals surface area contributed by atoms with Crippen molar-refractivity contribution in [2.75, 3.05) is 60.2 Å². The van der Waals surface area contributed by atoms with Gasteiger partial charge in [0, 0.05) is 48.7 Å². The van der Waals surface area contributed by atoms with Crippen LogP contribution in [0, 0.1) is 0 Å². The van der Waals surface area contributed by atoms with E-state index in [2.05, 4.69) is 4.90 Å². The highest BCUT2D eigenvalue weighted by Crippen LogP contribution is 2.35. The lowest BCUT2D eigenvalue weighted by Gasteiger charge is -2.31. The van der Waals surface area contributed by atoms with E-state index in [-0.39, 0.29) is 24.4 Å². The van der Waals surface area contributed by atoms with Crippen molar-refractivity contribution in [2.24, 2.45) is 5.10 Å². The maximum atomic E-state index is 14.0. The number of ether oxygens (including phenoxy) is 3. The van der Waals surface area contributed by atoms with Crippen molar-refractivity contribution in [3.05, 3.63) is 94.5 Å². The molecule has 1 fully saturated rings. The molecule has 10 heteroatoms. The number of amides is 2. The van der Waals surface area contributed by atoms with Crippen LogP contribution in [-0.2, 0) is 9.53 Å². The lowest BCUT2D eigenvalue weighted by atomic mass is 9.98. The molecule has 0 aromatic heterocycles. The summed E-state index contributed by atoms with van der Waals surface area (Å²) in [6.45, 7) is 3.78. The Balaban J connectivity index is 1.42. The van der Waals surface area contributed by atoms with E-state index in [1.165, 1.54) is 5.01 Å². The van der Waals surface area contributed by atoms with E-state index in [1.807, 2.05) is 48.5 Å². The number of carbonyl (C=O) groups excluding carboxylic acids is 2.